The lowest BCUT2D eigenvalue weighted by Crippen LogP contribution is -2.06. The SMILES string of the molecule is CC(=O)Nc1ccc(OC(=O)/C=C/c2ccc(C3CC3C)o2)cc1. The first kappa shape index (κ1) is 16.1. The van der Waals surface area contributed by atoms with Gasteiger partial charge in [0.25, 0.3) is 0 Å². The number of furan rings is 1. The Morgan fingerprint density at radius 2 is 1.92 bits per heavy atom. The average molecular weight is 325 g/mol. The van der Waals surface area contributed by atoms with Crippen LogP contribution in [0, 0.1) is 5.92 Å². The van der Waals surface area contributed by atoms with E-state index in [1.54, 1.807) is 30.3 Å². The van der Waals surface area contributed by atoms with Crippen LogP contribution in [0.3, 0.4) is 0 Å². The fraction of sp³-hybridized carbons (Fsp3) is 0.263. The third-order valence-corrected chi connectivity index (χ3v) is 3.90. The van der Waals surface area contributed by atoms with E-state index in [-0.39, 0.29) is 5.91 Å². The molecule has 1 amide bonds. The molecule has 1 heterocycles. The Labute approximate surface area is 140 Å². The predicted molar refractivity (Wildman–Crippen MR) is 90.6 cm³/mol. The van der Waals surface area contributed by atoms with Crippen LogP contribution in [-0.4, -0.2) is 11.9 Å². The summed E-state index contributed by atoms with van der Waals surface area (Å²) in [6.07, 6.45) is 4.10. The third kappa shape index (κ3) is 4.13. The van der Waals surface area contributed by atoms with Crippen molar-refractivity contribution < 1.29 is 18.7 Å². The van der Waals surface area contributed by atoms with Crippen LogP contribution in [0.15, 0.2) is 46.9 Å². The van der Waals surface area contributed by atoms with Gasteiger partial charge in [-0.25, -0.2) is 4.79 Å². The Hall–Kier alpha value is -2.82. The van der Waals surface area contributed by atoms with Gasteiger partial charge in [-0.05, 0) is 54.8 Å². The molecule has 3 rings (SSSR count). The van der Waals surface area contributed by atoms with Crippen LogP contribution in [-0.2, 0) is 9.59 Å². The summed E-state index contributed by atoms with van der Waals surface area (Å²) in [6.45, 7) is 3.62. The lowest BCUT2D eigenvalue weighted by molar-refractivity contribution is -0.128. The van der Waals surface area contributed by atoms with Gasteiger partial charge in [0.1, 0.15) is 17.3 Å². The number of benzene rings is 1. The van der Waals surface area contributed by atoms with Gasteiger partial charge >= 0.3 is 5.97 Å². The Bertz CT molecular complexity index is 773. The monoisotopic (exact) mass is 325 g/mol. The average Bonchev–Trinajstić information content (AvgIpc) is 3.08. The third-order valence-electron chi connectivity index (χ3n) is 3.90. The normalized spacial score (nSPS) is 19.2. The van der Waals surface area contributed by atoms with Crippen molar-refractivity contribution in [3.63, 3.8) is 0 Å². The minimum Gasteiger partial charge on any atom is -0.461 e. The minimum atomic E-state index is -0.486. The van der Waals surface area contributed by atoms with Crippen molar-refractivity contribution in [3.8, 4) is 5.75 Å². The van der Waals surface area contributed by atoms with Gasteiger partial charge < -0.3 is 14.5 Å². The Morgan fingerprint density at radius 1 is 1.21 bits per heavy atom. The summed E-state index contributed by atoms with van der Waals surface area (Å²) >= 11 is 0. The van der Waals surface area contributed by atoms with Crippen LogP contribution in [0.2, 0.25) is 0 Å². The molecule has 0 bridgehead atoms. The summed E-state index contributed by atoms with van der Waals surface area (Å²) in [5.74, 6) is 2.58. The molecule has 0 radical (unpaired) electrons. The van der Waals surface area contributed by atoms with E-state index in [0.29, 0.717) is 29.0 Å². The van der Waals surface area contributed by atoms with E-state index >= 15 is 0 Å². The Balaban J connectivity index is 1.55. The van der Waals surface area contributed by atoms with Gasteiger partial charge in [0.05, 0.1) is 0 Å². The largest absolute Gasteiger partial charge is 0.461 e. The second-order valence-electron chi connectivity index (χ2n) is 6.02. The van der Waals surface area contributed by atoms with Crippen LogP contribution < -0.4 is 10.1 Å². The number of anilines is 1. The second-order valence-corrected chi connectivity index (χ2v) is 6.02. The second kappa shape index (κ2) is 6.74. The highest BCUT2D eigenvalue weighted by Crippen LogP contribution is 2.47. The number of carbonyl (C=O) groups is 2. The van der Waals surface area contributed by atoms with E-state index in [2.05, 4.69) is 12.2 Å². The number of ether oxygens (including phenoxy) is 1. The first-order chi connectivity index (χ1) is 11.5. The lowest BCUT2D eigenvalue weighted by Gasteiger charge is -2.04. The molecule has 1 aliphatic carbocycles. The van der Waals surface area contributed by atoms with Crippen LogP contribution in [0.25, 0.3) is 6.08 Å². The number of carbonyl (C=O) groups excluding carboxylic acids is 2. The molecule has 1 aromatic heterocycles. The summed E-state index contributed by atoms with van der Waals surface area (Å²) in [7, 11) is 0. The molecule has 5 nitrogen and oxygen atoms in total. The molecule has 2 unspecified atom stereocenters. The number of hydrogen-bond acceptors (Lipinski definition) is 4. The quantitative estimate of drug-likeness (QED) is 0.513. The van der Waals surface area contributed by atoms with E-state index in [1.807, 2.05) is 12.1 Å². The van der Waals surface area contributed by atoms with Crippen LogP contribution >= 0.6 is 0 Å². The highest BCUT2D eigenvalue weighted by Gasteiger charge is 2.36. The van der Waals surface area contributed by atoms with Crippen molar-refractivity contribution in [1.82, 2.24) is 0 Å². The van der Waals surface area contributed by atoms with Gasteiger partial charge in [0.15, 0.2) is 0 Å². The first-order valence-electron chi connectivity index (χ1n) is 7.88. The predicted octanol–water partition coefficient (Wildman–Crippen LogP) is 3.98. The topological polar surface area (TPSA) is 68.5 Å². The zero-order chi connectivity index (χ0) is 17.1. The van der Waals surface area contributed by atoms with E-state index in [9.17, 15) is 9.59 Å². The van der Waals surface area contributed by atoms with Crippen LogP contribution in [0.5, 0.6) is 5.75 Å². The van der Waals surface area contributed by atoms with E-state index in [0.717, 1.165) is 12.2 Å². The molecule has 2 aromatic rings. The van der Waals surface area contributed by atoms with Gasteiger partial charge in [-0.1, -0.05) is 6.92 Å². The van der Waals surface area contributed by atoms with Crippen LogP contribution in [0.4, 0.5) is 5.69 Å². The number of amides is 1. The van der Waals surface area contributed by atoms with E-state index in [1.165, 1.54) is 13.0 Å². The standard InChI is InChI=1S/C19H19NO4/c1-12-11-17(12)18-9-7-15(23-18)8-10-19(22)24-16-5-3-14(4-6-16)20-13(2)21/h3-10,12,17H,11H2,1-2H3,(H,20,21)/b10-8+. The van der Waals surface area contributed by atoms with Gasteiger partial charge in [0.2, 0.25) is 5.91 Å². The zero-order valence-corrected chi connectivity index (χ0v) is 13.6. The maximum absolute atomic E-state index is 11.8. The number of hydrogen-bond donors (Lipinski definition) is 1. The van der Waals surface area contributed by atoms with Gasteiger partial charge in [0, 0.05) is 24.6 Å². The number of rotatable bonds is 5. The summed E-state index contributed by atoms with van der Waals surface area (Å²) in [6, 6.07) is 10.4. The summed E-state index contributed by atoms with van der Waals surface area (Å²) in [5, 5.41) is 2.65. The maximum atomic E-state index is 11.8. The maximum Gasteiger partial charge on any atom is 0.336 e. The lowest BCUT2D eigenvalue weighted by atomic mass is 10.3. The summed E-state index contributed by atoms with van der Waals surface area (Å²) < 4.78 is 10.9. The molecule has 1 N–H and O–H groups in total. The molecule has 0 spiro atoms. The fourth-order valence-corrected chi connectivity index (χ4v) is 2.49. The smallest absolute Gasteiger partial charge is 0.336 e. The molecule has 0 aliphatic heterocycles. The molecule has 0 saturated heterocycles. The highest BCUT2D eigenvalue weighted by atomic mass is 16.5. The molecule has 2 atom stereocenters. The van der Waals surface area contributed by atoms with Crippen LogP contribution in [0.1, 0.15) is 37.7 Å². The number of esters is 1. The number of nitrogens with one attached hydrogen (secondary N) is 1. The van der Waals surface area contributed by atoms with E-state index < -0.39 is 5.97 Å². The summed E-state index contributed by atoms with van der Waals surface area (Å²) in [5.41, 5.74) is 0.648. The van der Waals surface area contributed by atoms with Gasteiger partial charge in [-0.15, -0.1) is 0 Å². The highest BCUT2D eigenvalue weighted by molar-refractivity contribution is 5.89. The van der Waals surface area contributed by atoms with Crippen molar-refractivity contribution in [2.24, 2.45) is 5.92 Å². The molecule has 1 aromatic carbocycles. The molecule has 1 saturated carbocycles. The first-order valence-corrected chi connectivity index (χ1v) is 7.88. The molecule has 124 valence electrons. The Morgan fingerprint density at radius 3 is 2.54 bits per heavy atom. The van der Waals surface area contributed by atoms with Crippen molar-refractivity contribution in [2.75, 3.05) is 5.32 Å². The van der Waals surface area contributed by atoms with E-state index in [4.69, 9.17) is 9.15 Å². The zero-order valence-electron chi connectivity index (χ0n) is 13.6. The van der Waals surface area contributed by atoms with Gasteiger partial charge in [-0.2, -0.15) is 0 Å². The minimum absolute atomic E-state index is 0.152. The molecular weight excluding hydrogens is 306 g/mol. The molecule has 1 aliphatic rings. The van der Waals surface area contributed by atoms with Crippen molar-refractivity contribution >= 4 is 23.6 Å². The van der Waals surface area contributed by atoms with Gasteiger partial charge in [-0.3, -0.25) is 4.79 Å². The molecule has 1 fully saturated rings. The fourth-order valence-electron chi connectivity index (χ4n) is 2.49. The van der Waals surface area contributed by atoms with Crippen molar-refractivity contribution in [1.29, 1.82) is 0 Å². The summed E-state index contributed by atoms with van der Waals surface area (Å²) in [4.78, 5) is 22.8. The van der Waals surface area contributed by atoms with Crippen molar-refractivity contribution in [2.45, 2.75) is 26.2 Å². The van der Waals surface area contributed by atoms with Crippen molar-refractivity contribution in [3.05, 3.63) is 54.0 Å². The molecule has 5 heteroatoms. The molecule has 24 heavy (non-hydrogen) atoms. The Kier molecular flexibility index (Phi) is 4.51. The molecular formula is C19H19NO4.